The minimum absolute atomic E-state index is 0.0930. The van der Waals surface area contributed by atoms with E-state index in [0.717, 1.165) is 5.56 Å². The van der Waals surface area contributed by atoms with E-state index in [1.807, 2.05) is 6.92 Å². The van der Waals surface area contributed by atoms with Crippen molar-refractivity contribution in [3.8, 4) is 5.75 Å². The van der Waals surface area contributed by atoms with Crippen molar-refractivity contribution in [2.75, 3.05) is 33.3 Å². The predicted molar refractivity (Wildman–Crippen MR) is 134 cm³/mol. The molecule has 0 unspecified atom stereocenters. The van der Waals surface area contributed by atoms with Crippen molar-refractivity contribution < 1.29 is 32.0 Å². The molecule has 0 radical (unpaired) electrons. The number of benzene rings is 2. The van der Waals surface area contributed by atoms with Crippen molar-refractivity contribution in [1.82, 2.24) is 15.1 Å². The van der Waals surface area contributed by atoms with Crippen LogP contribution in [-0.4, -0.2) is 74.6 Å². The summed E-state index contributed by atoms with van der Waals surface area (Å²) in [6.45, 7) is 2.44. The first-order valence-electron chi connectivity index (χ1n) is 11.6. The fourth-order valence-corrected chi connectivity index (χ4v) is 5.41. The Balaban J connectivity index is 1.51. The molecule has 4 rings (SSSR count). The van der Waals surface area contributed by atoms with Crippen LogP contribution in [0.3, 0.4) is 0 Å². The van der Waals surface area contributed by atoms with Gasteiger partial charge in [-0.2, -0.15) is 0 Å². The third-order valence-corrected chi connectivity index (χ3v) is 7.98. The highest BCUT2D eigenvalue weighted by molar-refractivity contribution is 7.92. The lowest BCUT2D eigenvalue weighted by atomic mass is 10.1. The van der Waals surface area contributed by atoms with Gasteiger partial charge in [-0.3, -0.25) is 14.4 Å². The van der Waals surface area contributed by atoms with Crippen LogP contribution in [0.15, 0.2) is 76.2 Å². The largest absolute Gasteiger partial charge is 0.497 e. The lowest BCUT2D eigenvalue weighted by Crippen LogP contribution is -2.57. The molecule has 1 atom stereocenters. The number of carbonyl (C=O) groups is 3. The quantitative estimate of drug-likeness (QED) is 0.501. The summed E-state index contributed by atoms with van der Waals surface area (Å²) in [6.07, 6.45) is 1.28. The number of carbonyl (C=O) groups excluding carboxylic acids is 3. The van der Waals surface area contributed by atoms with Gasteiger partial charge in [0.2, 0.25) is 15.2 Å². The van der Waals surface area contributed by atoms with Gasteiger partial charge in [0.05, 0.1) is 18.3 Å². The van der Waals surface area contributed by atoms with Crippen LogP contribution in [0.2, 0.25) is 0 Å². The molecule has 2 heterocycles. The van der Waals surface area contributed by atoms with Crippen molar-refractivity contribution >= 4 is 27.6 Å². The van der Waals surface area contributed by atoms with Gasteiger partial charge in [0.1, 0.15) is 5.75 Å². The van der Waals surface area contributed by atoms with Crippen LogP contribution in [0.25, 0.3) is 0 Å². The first kappa shape index (κ1) is 26.0. The second kappa shape index (κ2) is 10.9. The summed E-state index contributed by atoms with van der Waals surface area (Å²) in [7, 11) is -2.75. The summed E-state index contributed by atoms with van der Waals surface area (Å²) in [4.78, 5) is 41.9. The van der Waals surface area contributed by atoms with Gasteiger partial charge in [-0.15, -0.1) is 0 Å². The molecule has 37 heavy (non-hydrogen) atoms. The molecule has 10 nitrogen and oxygen atoms in total. The summed E-state index contributed by atoms with van der Waals surface area (Å²) in [5, 5.41) is 0.472. The van der Waals surface area contributed by atoms with Crippen LogP contribution >= 0.6 is 0 Å². The molecule has 1 aliphatic heterocycles. The smallest absolute Gasteiger partial charge is 0.288 e. The van der Waals surface area contributed by atoms with Crippen LogP contribution in [-0.2, 0) is 14.6 Å². The first-order valence-corrected chi connectivity index (χ1v) is 13.1. The van der Waals surface area contributed by atoms with Gasteiger partial charge in [0, 0.05) is 31.7 Å². The van der Waals surface area contributed by atoms with E-state index in [2.05, 4.69) is 5.32 Å². The highest BCUT2D eigenvalue weighted by Crippen LogP contribution is 2.20. The van der Waals surface area contributed by atoms with Gasteiger partial charge in [-0.05, 0) is 55.5 Å². The molecular weight excluding hydrogens is 498 g/mol. The van der Waals surface area contributed by atoms with E-state index in [1.54, 1.807) is 41.3 Å². The fourth-order valence-electron chi connectivity index (χ4n) is 3.95. The minimum atomic E-state index is -4.29. The van der Waals surface area contributed by atoms with Crippen molar-refractivity contribution in [3.05, 3.63) is 83.8 Å². The van der Waals surface area contributed by atoms with Crippen molar-refractivity contribution in [2.24, 2.45) is 0 Å². The zero-order chi connectivity index (χ0) is 26.6. The highest BCUT2D eigenvalue weighted by Gasteiger charge is 2.40. The Morgan fingerprint density at radius 2 is 1.54 bits per heavy atom. The van der Waals surface area contributed by atoms with Gasteiger partial charge in [-0.25, -0.2) is 8.42 Å². The SMILES string of the molecule is COc1ccc(C(=O)N2CCN(C(=O)[C@@H](NC(=O)c3ccco3)S(=O)(=O)c3ccc(C)cc3)CC2)cc1. The molecule has 0 spiro atoms. The van der Waals surface area contributed by atoms with Crippen molar-refractivity contribution in [3.63, 3.8) is 0 Å². The summed E-state index contributed by atoms with van der Waals surface area (Å²) in [6, 6.07) is 15.6. The fraction of sp³-hybridized carbons (Fsp3) is 0.269. The zero-order valence-electron chi connectivity index (χ0n) is 20.4. The summed E-state index contributed by atoms with van der Waals surface area (Å²) < 4.78 is 37.1. The molecule has 194 valence electrons. The molecule has 1 saturated heterocycles. The third kappa shape index (κ3) is 5.67. The molecule has 0 saturated carbocycles. The van der Waals surface area contributed by atoms with Gasteiger partial charge in [0.25, 0.3) is 17.7 Å². The number of amides is 3. The number of rotatable bonds is 7. The molecule has 0 bridgehead atoms. The Morgan fingerprint density at radius 3 is 2.11 bits per heavy atom. The maximum absolute atomic E-state index is 13.5. The van der Waals surface area contributed by atoms with E-state index in [1.165, 1.54) is 42.5 Å². The summed E-state index contributed by atoms with van der Waals surface area (Å²) in [5.74, 6) is -1.30. The zero-order valence-corrected chi connectivity index (χ0v) is 21.2. The first-order chi connectivity index (χ1) is 17.7. The molecule has 3 aromatic rings. The molecular formula is C26H27N3O7S. The van der Waals surface area contributed by atoms with Gasteiger partial charge < -0.3 is 24.3 Å². The number of methoxy groups -OCH3 is 1. The number of hydrogen-bond acceptors (Lipinski definition) is 7. The predicted octanol–water partition coefficient (Wildman–Crippen LogP) is 2.11. The number of sulfone groups is 1. The van der Waals surface area contributed by atoms with Crippen LogP contribution < -0.4 is 10.1 Å². The number of nitrogens with zero attached hydrogens (tertiary/aromatic N) is 2. The van der Waals surface area contributed by atoms with E-state index in [-0.39, 0.29) is 42.7 Å². The molecule has 1 N–H and O–H groups in total. The number of piperazine rings is 1. The van der Waals surface area contributed by atoms with E-state index in [0.29, 0.717) is 11.3 Å². The summed E-state index contributed by atoms with van der Waals surface area (Å²) in [5.41, 5.74) is 1.32. The van der Waals surface area contributed by atoms with E-state index < -0.39 is 27.0 Å². The normalized spacial score (nSPS) is 14.6. The minimum Gasteiger partial charge on any atom is -0.497 e. The van der Waals surface area contributed by atoms with E-state index in [9.17, 15) is 22.8 Å². The second-order valence-electron chi connectivity index (χ2n) is 8.53. The Labute approximate surface area is 214 Å². The highest BCUT2D eigenvalue weighted by atomic mass is 32.2. The standard InChI is InChI=1S/C26H27N3O7S/c1-18-5-11-21(12-6-18)37(33,34)24(27-23(30)22-4-3-17-36-22)26(32)29-15-13-28(14-16-29)25(31)19-7-9-20(35-2)10-8-19/h3-12,17,24H,13-16H2,1-2H3,(H,27,30)/t24-/m0/s1. The molecule has 3 amide bonds. The topological polar surface area (TPSA) is 126 Å². The molecule has 1 aliphatic rings. The van der Waals surface area contributed by atoms with Crippen LogP contribution in [0.1, 0.15) is 26.5 Å². The summed E-state index contributed by atoms with van der Waals surface area (Å²) >= 11 is 0. The van der Waals surface area contributed by atoms with Crippen LogP contribution in [0.5, 0.6) is 5.75 Å². The number of furan rings is 1. The lowest BCUT2D eigenvalue weighted by molar-refractivity contribution is -0.132. The molecule has 1 aromatic heterocycles. The maximum atomic E-state index is 13.5. The average Bonchev–Trinajstić information content (AvgIpc) is 3.46. The Bertz CT molecular complexity index is 1360. The molecule has 11 heteroatoms. The van der Waals surface area contributed by atoms with Crippen LogP contribution in [0.4, 0.5) is 0 Å². The van der Waals surface area contributed by atoms with Crippen molar-refractivity contribution in [2.45, 2.75) is 17.2 Å². The number of ether oxygens (including phenoxy) is 1. The van der Waals surface area contributed by atoms with Crippen molar-refractivity contribution in [1.29, 1.82) is 0 Å². The molecule has 1 fully saturated rings. The number of hydrogen-bond donors (Lipinski definition) is 1. The van der Waals surface area contributed by atoms with Gasteiger partial charge in [-0.1, -0.05) is 17.7 Å². The molecule has 0 aliphatic carbocycles. The lowest BCUT2D eigenvalue weighted by Gasteiger charge is -2.36. The number of aryl methyl sites for hydroxylation is 1. The van der Waals surface area contributed by atoms with E-state index in [4.69, 9.17) is 9.15 Å². The van der Waals surface area contributed by atoms with Crippen LogP contribution in [0, 0.1) is 6.92 Å². The second-order valence-corrected chi connectivity index (χ2v) is 10.6. The van der Waals surface area contributed by atoms with Gasteiger partial charge in [0.15, 0.2) is 5.76 Å². The average molecular weight is 526 g/mol. The Hall–Kier alpha value is -4.12. The monoisotopic (exact) mass is 525 g/mol. The molecule has 2 aromatic carbocycles. The maximum Gasteiger partial charge on any atom is 0.288 e. The number of nitrogens with one attached hydrogen (secondary N) is 1. The third-order valence-electron chi connectivity index (χ3n) is 6.11. The van der Waals surface area contributed by atoms with E-state index >= 15 is 0 Å². The Kier molecular flexibility index (Phi) is 7.63. The van der Waals surface area contributed by atoms with Gasteiger partial charge >= 0.3 is 0 Å². The Morgan fingerprint density at radius 1 is 0.919 bits per heavy atom.